The monoisotopic (exact) mass is 426 g/mol. The van der Waals surface area contributed by atoms with Gasteiger partial charge < -0.3 is 24.4 Å². The molecule has 1 fully saturated rings. The van der Waals surface area contributed by atoms with Gasteiger partial charge in [-0.3, -0.25) is 9.59 Å². The summed E-state index contributed by atoms with van der Waals surface area (Å²) in [5.41, 5.74) is 0. The van der Waals surface area contributed by atoms with E-state index in [-0.39, 0.29) is 37.3 Å². The Morgan fingerprint density at radius 3 is 2.72 bits per heavy atom. The number of ketones is 1. The fraction of sp³-hybridized carbons (Fsp3) is 0.619. The number of para-hydroxylation sites is 1. The number of ether oxygens (including phenoxy) is 3. The minimum absolute atomic E-state index is 0.00677. The molecule has 1 aromatic rings. The third kappa shape index (κ3) is 8.34. The topological polar surface area (TPSA) is 102 Å². The fourth-order valence-corrected chi connectivity index (χ4v) is 4.16. The van der Waals surface area contributed by atoms with E-state index in [4.69, 9.17) is 9.47 Å². The first-order valence-corrected chi connectivity index (χ1v) is 11.0. The number of benzene rings is 1. The van der Waals surface area contributed by atoms with E-state index in [1.54, 1.807) is 23.9 Å². The number of thioether (sulfide) groups is 1. The van der Waals surface area contributed by atoms with Crippen LogP contribution in [0.4, 0.5) is 0 Å². The molecule has 1 aromatic carbocycles. The van der Waals surface area contributed by atoms with Gasteiger partial charge >= 0.3 is 5.97 Å². The molecule has 8 heteroatoms. The van der Waals surface area contributed by atoms with Gasteiger partial charge in [0.2, 0.25) is 0 Å². The lowest BCUT2D eigenvalue weighted by molar-refractivity contribution is -0.140. The number of hydrogen-bond donors (Lipinski definition) is 2. The van der Waals surface area contributed by atoms with E-state index in [9.17, 15) is 19.8 Å². The van der Waals surface area contributed by atoms with E-state index in [0.29, 0.717) is 18.6 Å². The van der Waals surface area contributed by atoms with Crippen LogP contribution in [0.2, 0.25) is 0 Å². The molecule has 0 aromatic heterocycles. The Hall–Kier alpha value is -1.61. The van der Waals surface area contributed by atoms with Gasteiger partial charge in [0.05, 0.1) is 25.9 Å². The molecule has 0 saturated heterocycles. The number of methoxy groups -OCH3 is 1. The van der Waals surface area contributed by atoms with Crippen LogP contribution in [-0.4, -0.2) is 72.1 Å². The number of rotatable bonds is 13. The summed E-state index contributed by atoms with van der Waals surface area (Å²) in [5, 5.41) is 20.3. The molecule has 1 aliphatic rings. The molecule has 0 heterocycles. The summed E-state index contributed by atoms with van der Waals surface area (Å²) >= 11 is 1.66. The minimum atomic E-state index is -0.855. The van der Waals surface area contributed by atoms with Crippen molar-refractivity contribution in [3.63, 3.8) is 0 Å². The van der Waals surface area contributed by atoms with Crippen LogP contribution in [0.1, 0.15) is 25.7 Å². The van der Waals surface area contributed by atoms with Gasteiger partial charge in [-0.2, -0.15) is 11.8 Å². The molecule has 162 valence electrons. The zero-order chi connectivity index (χ0) is 21.1. The fourth-order valence-electron chi connectivity index (χ4n) is 3.19. The van der Waals surface area contributed by atoms with Gasteiger partial charge in [0, 0.05) is 18.8 Å². The largest absolute Gasteiger partial charge is 0.491 e. The Labute approximate surface area is 175 Å². The lowest BCUT2D eigenvalue weighted by atomic mass is 10.0. The number of aliphatic hydroxyl groups excluding tert-OH is 2. The molecule has 1 saturated carbocycles. The van der Waals surface area contributed by atoms with Crippen molar-refractivity contribution in [2.75, 3.05) is 31.8 Å². The standard InChI is InChI=1S/C21H30O7S/c1-26-20(25)8-5-10-29-11-9-17-18(23)12-19(24)21(17)28-14-15(22)13-27-16-6-3-2-4-7-16/h2-4,6-7,15,17,19,21-22,24H,5,8-14H2,1H3. The average Bonchev–Trinajstić information content (AvgIpc) is 3.00. The average molecular weight is 427 g/mol. The molecular formula is C21H30O7S. The van der Waals surface area contributed by atoms with Crippen LogP contribution in [0, 0.1) is 5.92 Å². The van der Waals surface area contributed by atoms with Crippen LogP contribution in [0.5, 0.6) is 5.75 Å². The molecule has 0 bridgehead atoms. The third-order valence-electron chi connectivity index (χ3n) is 4.74. The highest BCUT2D eigenvalue weighted by molar-refractivity contribution is 7.99. The van der Waals surface area contributed by atoms with Crippen molar-refractivity contribution < 1.29 is 34.0 Å². The number of aliphatic hydroxyl groups is 2. The molecule has 2 rings (SSSR count). The second-order valence-electron chi connectivity index (χ2n) is 7.00. The van der Waals surface area contributed by atoms with Crippen molar-refractivity contribution >= 4 is 23.5 Å². The molecule has 0 aliphatic heterocycles. The maximum atomic E-state index is 12.2. The first kappa shape index (κ1) is 23.7. The number of carbonyl (C=O) groups excluding carboxylic acids is 2. The smallest absolute Gasteiger partial charge is 0.305 e. The Kier molecular flexibility index (Phi) is 10.5. The summed E-state index contributed by atoms with van der Waals surface area (Å²) in [6.07, 6.45) is -0.514. The van der Waals surface area contributed by atoms with Crippen LogP contribution >= 0.6 is 11.8 Å². The van der Waals surface area contributed by atoms with E-state index in [0.717, 1.165) is 17.9 Å². The zero-order valence-corrected chi connectivity index (χ0v) is 17.5. The summed E-state index contributed by atoms with van der Waals surface area (Å²) in [5.74, 6) is 1.60. The Bertz CT molecular complexity index is 625. The van der Waals surface area contributed by atoms with Crippen molar-refractivity contribution in [3.05, 3.63) is 30.3 Å². The maximum Gasteiger partial charge on any atom is 0.305 e. The summed E-state index contributed by atoms with van der Waals surface area (Å²) in [7, 11) is 1.37. The molecule has 7 nitrogen and oxygen atoms in total. The predicted molar refractivity (Wildman–Crippen MR) is 110 cm³/mol. The molecule has 0 radical (unpaired) electrons. The highest BCUT2D eigenvalue weighted by atomic mass is 32.2. The van der Waals surface area contributed by atoms with Crippen molar-refractivity contribution in [3.8, 4) is 5.75 Å². The summed E-state index contributed by atoms with van der Waals surface area (Å²) < 4.78 is 15.8. The number of Topliss-reactive ketones (excluding diaryl/α,β-unsaturated/α-hetero) is 1. The Balaban J connectivity index is 1.68. The van der Waals surface area contributed by atoms with E-state index in [2.05, 4.69) is 4.74 Å². The lowest BCUT2D eigenvalue weighted by Gasteiger charge is -2.23. The van der Waals surface area contributed by atoms with E-state index in [1.165, 1.54) is 7.11 Å². The number of hydrogen-bond acceptors (Lipinski definition) is 8. The van der Waals surface area contributed by atoms with Crippen LogP contribution in [0.15, 0.2) is 30.3 Å². The molecule has 29 heavy (non-hydrogen) atoms. The number of esters is 1. The first-order valence-electron chi connectivity index (χ1n) is 9.84. The van der Waals surface area contributed by atoms with Crippen LogP contribution < -0.4 is 4.74 Å². The first-order chi connectivity index (χ1) is 14.0. The van der Waals surface area contributed by atoms with E-state index in [1.807, 2.05) is 18.2 Å². The summed E-state index contributed by atoms with van der Waals surface area (Å²) in [4.78, 5) is 23.3. The van der Waals surface area contributed by atoms with Gasteiger partial charge in [0.15, 0.2) is 0 Å². The SMILES string of the molecule is COC(=O)CCCSCCC1C(=O)CC(O)C1OCC(O)COc1ccccc1. The lowest BCUT2D eigenvalue weighted by Crippen LogP contribution is -2.34. The minimum Gasteiger partial charge on any atom is -0.491 e. The maximum absolute atomic E-state index is 12.2. The van der Waals surface area contributed by atoms with Crippen LogP contribution in [0.3, 0.4) is 0 Å². The molecule has 4 atom stereocenters. The second kappa shape index (κ2) is 12.8. The van der Waals surface area contributed by atoms with Gasteiger partial charge in [-0.25, -0.2) is 0 Å². The zero-order valence-electron chi connectivity index (χ0n) is 16.7. The summed E-state index contributed by atoms with van der Waals surface area (Å²) in [6, 6.07) is 9.16. The molecule has 1 aliphatic carbocycles. The normalized spacial score (nSPS) is 22.4. The van der Waals surface area contributed by atoms with Crippen molar-refractivity contribution in [1.29, 1.82) is 0 Å². The Morgan fingerprint density at radius 1 is 1.24 bits per heavy atom. The highest BCUT2D eigenvalue weighted by Crippen LogP contribution is 2.30. The predicted octanol–water partition coefficient (Wildman–Crippen LogP) is 1.84. The number of carbonyl (C=O) groups is 2. The molecule has 2 N–H and O–H groups in total. The third-order valence-corrected chi connectivity index (χ3v) is 5.84. The van der Waals surface area contributed by atoms with Gasteiger partial charge in [0.25, 0.3) is 0 Å². The Morgan fingerprint density at radius 2 is 2.00 bits per heavy atom. The molecule has 0 spiro atoms. The summed E-state index contributed by atoms with van der Waals surface area (Å²) in [6.45, 7) is 0.0616. The van der Waals surface area contributed by atoms with Gasteiger partial charge in [-0.1, -0.05) is 18.2 Å². The van der Waals surface area contributed by atoms with Crippen LogP contribution in [-0.2, 0) is 19.1 Å². The van der Waals surface area contributed by atoms with Gasteiger partial charge in [-0.05, 0) is 36.5 Å². The van der Waals surface area contributed by atoms with Crippen molar-refractivity contribution in [2.45, 2.75) is 44.0 Å². The highest BCUT2D eigenvalue weighted by Gasteiger charge is 2.42. The second-order valence-corrected chi connectivity index (χ2v) is 8.23. The van der Waals surface area contributed by atoms with Gasteiger partial charge in [0.1, 0.15) is 24.2 Å². The molecular weight excluding hydrogens is 396 g/mol. The van der Waals surface area contributed by atoms with E-state index >= 15 is 0 Å². The van der Waals surface area contributed by atoms with E-state index < -0.39 is 18.3 Å². The van der Waals surface area contributed by atoms with Crippen molar-refractivity contribution in [2.24, 2.45) is 5.92 Å². The van der Waals surface area contributed by atoms with Gasteiger partial charge in [-0.15, -0.1) is 0 Å². The van der Waals surface area contributed by atoms with Crippen LogP contribution in [0.25, 0.3) is 0 Å². The molecule has 4 unspecified atom stereocenters. The van der Waals surface area contributed by atoms with Crippen molar-refractivity contribution in [1.82, 2.24) is 0 Å². The quantitative estimate of drug-likeness (QED) is 0.364. The molecule has 0 amide bonds.